The molecule has 6 N–H and O–H groups in total. The molecule has 1 aliphatic carbocycles. The molecule has 0 spiro atoms. The highest BCUT2D eigenvalue weighted by Crippen LogP contribution is 2.47. The second kappa shape index (κ2) is 34.3. The van der Waals surface area contributed by atoms with E-state index in [9.17, 15) is 44.6 Å². The van der Waals surface area contributed by atoms with Crippen molar-refractivity contribution in [3.63, 3.8) is 0 Å². The zero-order valence-electron chi connectivity index (χ0n) is 35.4. The molecule has 14 heteroatoms. The molecule has 0 bridgehead atoms. The number of hydrogen-bond acceptors (Lipinski definition) is 12. The zero-order valence-corrected chi connectivity index (χ0v) is 36.3. The summed E-state index contributed by atoms with van der Waals surface area (Å²) in [5.41, 5.74) is 0. The van der Waals surface area contributed by atoms with Gasteiger partial charge in [-0.25, -0.2) is 4.57 Å². The molecular formula is C43H81O13P. The van der Waals surface area contributed by atoms with Gasteiger partial charge in [0.2, 0.25) is 0 Å². The number of carbonyl (C=O) groups is 2. The van der Waals surface area contributed by atoms with Gasteiger partial charge in [0, 0.05) is 12.8 Å². The van der Waals surface area contributed by atoms with Crippen LogP contribution in [0.5, 0.6) is 0 Å². The van der Waals surface area contributed by atoms with Gasteiger partial charge in [-0.2, -0.15) is 0 Å². The number of carbonyl (C=O) groups excluding carboxylic acids is 2. The molecule has 1 saturated carbocycles. The van der Waals surface area contributed by atoms with Crippen LogP contribution < -0.4 is 0 Å². The second-order valence-electron chi connectivity index (χ2n) is 15.9. The van der Waals surface area contributed by atoms with Crippen molar-refractivity contribution < 1.29 is 63.1 Å². The Hall–Kier alpha value is -1.41. The van der Waals surface area contributed by atoms with Gasteiger partial charge in [0.25, 0.3) is 0 Å². The summed E-state index contributed by atoms with van der Waals surface area (Å²) in [7, 11) is -5.11. The molecule has 0 aromatic rings. The SMILES string of the molecule is CCCCCCCC/C=C/CCCCCCCCCCCC(=O)O[C@H](COC(=O)CCCCCCCCCCC)COP(=O)(O)OC1C(O)C(O)C(O)[C@@H](O)C1O. The Balaban J connectivity index is 2.42. The molecule has 0 aliphatic heterocycles. The summed E-state index contributed by atoms with van der Waals surface area (Å²) in [4.78, 5) is 35.5. The van der Waals surface area contributed by atoms with E-state index >= 15 is 0 Å². The van der Waals surface area contributed by atoms with E-state index in [0.29, 0.717) is 12.8 Å². The summed E-state index contributed by atoms with van der Waals surface area (Å²) in [6.45, 7) is 3.27. The van der Waals surface area contributed by atoms with E-state index in [4.69, 9.17) is 18.5 Å². The third-order valence-corrected chi connectivity index (χ3v) is 11.6. The average Bonchev–Trinajstić information content (AvgIpc) is 3.19. The van der Waals surface area contributed by atoms with Crippen LogP contribution in [0.1, 0.15) is 194 Å². The van der Waals surface area contributed by atoms with Crippen molar-refractivity contribution in [1.29, 1.82) is 0 Å². The minimum absolute atomic E-state index is 0.0983. The Morgan fingerprint density at radius 1 is 0.526 bits per heavy atom. The lowest BCUT2D eigenvalue weighted by atomic mass is 9.85. The molecule has 1 rings (SSSR count). The van der Waals surface area contributed by atoms with E-state index in [1.165, 1.54) is 103 Å². The van der Waals surface area contributed by atoms with E-state index in [2.05, 4.69) is 26.0 Å². The number of esters is 2. The van der Waals surface area contributed by atoms with E-state index in [0.717, 1.165) is 51.4 Å². The van der Waals surface area contributed by atoms with Gasteiger partial charge in [0.1, 0.15) is 43.2 Å². The molecular weight excluding hydrogens is 755 g/mol. The van der Waals surface area contributed by atoms with Crippen LogP contribution in [0.3, 0.4) is 0 Å². The van der Waals surface area contributed by atoms with E-state index in [-0.39, 0.29) is 12.8 Å². The molecule has 13 nitrogen and oxygen atoms in total. The van der Waals surface area contributed by atoms with Crippen molar-refractivity contribution in [2.24, 2.45) is 0 Å². The molecule has 0 radical (unpaired) electrons. The predicted molar refractivity (Wildman–Crippen MR) is 221 cm³/mol. The number of phosphoric ester groups is 1. The van der Waals surface area contributed by atoms with E-state index < -0.39 is 75.7 Å². The van der Waals surface area contributed by atoms with Crippen molar-refractivity contribution in [3.05, 3.63) is 12.2 Å². The highest BCUT2D eigenvalue weighted by atomic mass is 31.2. The number of unbranched alkanes of at least 4 members (excludes halogenated alkanes) is 23. The Morgan fingerprint density at radius 3 is 1.33 bits per heavy atom. The average molecular weight is 837 g/mol. The van der Waals surface area contributed by atoms with Crippen molar-refractivity contribution >= 4 is 19.8 Å². The van der Waals surface area contributed by atoms with Gasteiger partial charge in [0.15, 0.2) is 6.10 Å². The van der Waals surface area contributed by atoms with Gasteiger partial charge in [-0.1, -0.05) is 154 Å². The van der Waals surface area contributed by atoms with Gasteiger partial charge >= 0.3 is 19.8 Å². The summed E-state index contributed by atoms with van der Waals surface area (Å²) in [6, 6.07) is 0. The Bertz CT molecular complexity index is 1060. The van der Waals surface area contributed by atoms with E-state index in [1.807, 2.05) is 0 Å². The predicted octanol–water partition coefficient (Wildman–Crippen LogP) is 8.28. The highest BCUT2D eigenvalue weighted by molar-refractivity contribution is 7.47. The lowest BCUT2D eigenvalue weighted by Gasteiger charge is -2.41. The number of aliphatic hydroxyl groups excluding tert-OH is 5. The maximum Gasteiger partial charge on any atom is 0.472 e. The van der Waals surface area contributed by atoms with Crippen molar-refractivity contribution in [2.75, 3.05) is 13.2 Å². The number of ether oxygens (including phenoxy) is 2. The summed E-state index contributed by atoms with van der Waals surface area (Å²) in [5.74, 6) is -1.10. The fourth-order valence-electron chi connectivity index (χ4n) is 6.93. The van der Waals surface area contributed by atoms with E-state index in [1.54, 1.807) is 0 Å². The number of phosphoric acid groups is 1. The van der Waals surface area contributed by atoms with Crippen LogP contribution in [0.25, 0.3) is 0 Å². The van der Waals surface area contributed by atoms with Crippen LogP contribution in [-0.2, 0) is 32.7 Å². The minimum Gasteiger partial charge on any atom is -0.462 e. The summed E-state index contributed by atoms with van der Waals surface area (Å²) < 4.78 is 33.4. The normalized spacial score (nSPS) is 22.7. The van der Waals surface area contributed by atoms with Crippen molar-refractivity contribution in [1.82, 2.24) is 0 Å². The molecule has 6 unspecified atom stereocenters. The molecule has 0 saturated heterocycles. The third-order valence-electron chi connectivity index (χ3n) is 10.6. The first kappa shape index (κ1) is 53.6. The highest BCUT2D eigenvalue weighted by Gasteiger charge is 2.51. The summed E-state index contributed by atoms with van der Waals surface area (Å²) in [6.07, 6.45) is 21.4. The van der Waals surface area contributed by atoms with Gasteiger partial charge in [-0.15, -0.1) is 0 Å². The molecule has 0 heterocycles. The number of rotatable bonds is 37. The van der Waals surface area contributed by atoms with Crippen LogP contribution >= 0.6 is 7.82 Å². The quantitative estimate of drug-likeness (QED) is 0.0151. The van der Waals surface area contributed by atoms with Crippen LogP contribution in [-0.4, -0.2) is 98.3 Å². The van der Waals surface area contributed by atoms with Crippen LogP contribution in [0.15, 0.2) is 12.2 Å². The first-order valence-corrected chi connectivity index (χ1v) is 24.0. The standard InChI is InChI=1S/C43H81O13P/c1-3-5-7-9-11-13-14-15-16-17-18-19-20-21-22-24-26-28-30-32-37(45)55-35(33-53-36(44)31-29-27-25-23-12-10-8-6-4-2)34-54-57(51,52)56-43-41(49)39(47)38(46)40(48)42(43)50/h15-16,35,38-43,46-50H,3-14,17-34H2,1-2H3,(H,51,52)/b16-15+/t35-,38?,39-,40?,41?,42?,43?/m1/s1. The van der Waals surface area contributed by atoms with Crippen molar-refractivity contribution in [3.8, 4) is 0 Å². The third kappa shape index (κ3) is 27.1. The smallest absolute Gasteiger partial charge is 0.462 e. The number of hydrogen-bond donors (Lipinski definition) is 6. The lowest BCUT2D eigenvalue weighted by molar-refractivity contribution is -0.220. The fourth-order valence-corrected chi connectivity index (χ4v) is 7.90. The monoisotopic (exact) mass is 837 g/mol. The molecule has 336 valence electrons. The number of aliphatic hydroxyl groups is 5. The van der Waals surface area contributed by atoms with Gasteiger partial charge in [-0.3, -0.25) is 18.6 Å². The fraction of sp³-hybridized carbons (Fsp3) is 0.907. The number of allylic oxidation sites excluding steroid dienone is 2. The van der Waals surface area contributed by atoms with Gasteiger partial charge in [0.05, 0.1) is 6.61 Å². The van der Waals surface area contributed by atoms with Gasteiger partial charge < -0.3 is 39.9 Å². The Kier molecular flexibility index (Phi) is 32.3. The molecule has 1 fully saturated rings. The molecule has 57 heavy (non-hydrogen) atoms. The first-order valence-electron chi connectivity index (χ1n) is 22.5. The Morgan fingerprint density at radius 2 is 0.895 bits per heavy atom. The summed E-state index contributed by atoms with van der Waals surface area (Å²) in [5, 5.41) is 50.0. The molecule has 0 aromatic carbocycles. The summed E-state index contributed by atoms with van der Waals surface area (Å²) >= 11 is 0. The van der Waals surface area contributed by atoms with Gasteiger partial charge in [-0.05, 0) is 38.5 Å². The van der Waals surface area contributed by atoms with Crippen LogP contribution in [0.2, 0.25) is 0 Å². The van der Waals surface area contributed by atoms with Crippen LogP contribution in [0.4, 0.5) is 0 Å². The molecule has 0 aromatic heterocycles. The maximum absolute atomic E-state index is 12.8. The van der Waals surface area contributed by atoms with Crippen LogP contribution in [0, 0.1) is 0 Å². The molecule has 0 amide bonds. The van der Waals surface area contributed by atoms with Crippen molar-refractivity contribution in [2.45, 2.75) is 236 Å². The minimum atomic E-state index is -5.11. The lowest BCUT2D eigenvalue weighted by Crippen LogP contribution is -2.64. The second-order valence-corrected chi connectivity index (χ2v) is 17.3. The Labute approximate surface area is 343 Å². The topological polar surface area (TPSA) is 210 Å². The molecule has 8 atom stereocenters. The maximum atomic E-state index is 12.8. The first-order chi connectivity index (χ1) is 27.4. The zero-order chi connectivity index (χ0) is 42.2. The largest absolute Gasteiger partial charge is 0.472 e. The molecule has 1 aliphatic rings.